The molecule has 14 heavy (non-hydrogen) atoms. The minimum atomic E-state index is -3.13. The van der Waals surface area contributed by atoms with Gasteiger partial charge in [-0.25, -0.2) is 14.3 Å². The lowest BCUT2D eigenvalue weighted by molar-refractivity contribution is 0.123. The predicted molar refractivity (Wildman–Crippen MR) is 53.3 cm³/mol. The fraction of sp³-hybridized carbons (Fsp3) is 0.333. The molecule has 0 aliphatic carbocycles. The average molecular weight is 215 g/mol. The van der Waals surface area contributed by atoms with Crippen LogP contribution in [0.5, 0.6) is 0 Å². The summed E-state index contributed by atoms with van der Waals surface area (Å²) in [7, 11) is -3.13. The molecule has 0 radical (unpaired) electrons. The molecule has 0 aromatic heterocycles. The van der Waals surface area contributed by atoms with Gasteiger partial charge >= 0.3 is 0 Å². The Hall–Kier alpha value is -0.910. The summed E-state index contributed by atoms with van der Waals surface area (Å²) in [6, 6.07) is 4.87. The molecule has 0 fully saturated rings. The van der Waals surface area contributed by atoms with Crippen LogP contribution in [0.1, 0.15) is 11.1 Å². The van der Waals surface area contributed by atoms with Crippen molar-refractivity contribution < 1.29 is 13.3 Å². The molecular formula is C9H13NO3S. The molecule has 1 aromatic carbocycles. The topological polar surface area (TPSA) is 69.4 Å². The van der Waals surface area contributed by atoms with Crippen molar-refractivity contribution in [2.45, 2.75) is 18.4 Å². The summed E-state index contributed by atoms with van der Waals surface area (Å²) >= 11 is 0. The molecule has 0 aliphatic rings. The van der Waals surface area contributed by atoms with Crippen LogP contribution in [0.25, 0.3) is 0 Å². The van der Waals surface area contributed by atoms with Crippen LogP contribution in [0.2, 0.25) is 0 Å². The standard InChI is InChI=1S/C9H13NO3S/c1-7-5-9(14(2,11)12)4-3-8(7)6-13-10/h3-5H,6,10H2,1-2H3. The normalized spacial score (nSPS) is 11.6. The van der Waals surface area contributed by atoms with E-state index in [2.05, 4.69) is 4.84 Å². The molecule has 4 nitrogen and oxygen atoms in total. The van der Waals surface area contributed by atoms with Crippen molar-refractivity contribution in [3.8, 4) is 0 Å². The minimum absolute atomic E-state index is 0.288. The highest BCUT2D eigenvalue weighted by atomic mass is 32.2. The van der Waals surface area contributed by atoms with Crippen LogP contribution in [0.3, 0.4) is 0 Å². The predicted octanol–water partition coefficient (Wildman–Crippen LogP) is 0.789. The maximum absolute atomic E-state index is 11.2. The largest absolute Gasteiger partial charge is 0.300 e. The van der Waals surface area contributed by atoms with Gasteiger partial charge in [-0.3, -0.25) is 4.84 Å². The zero-order valence-electron chi connectivity index (χ0n) is 8.15. The number of nitrogens with two attached hydrogens (primary N) is 1. The van der Waals surface area contributed by atoms with Gasteiger partial charge in [0.25, 0.3) is 0 Å². The smallest absolute Gasteiger partial charge is 0.175 e. The molecule has 1 rings (SSSR count). The van der Waals surface area contributed by atoms with E-state index >= 15 is 0 Å². The van der Waals surface area contributed by atoms with Crippen LogP contribution < -0.4 is 5.90 Å². The molecule has 2 N–H and O–H groups in total. The van der Waals surface area contributed by atoms with Crippen LogP contribution in [0, 0.1) is 6.92 Å². The Bertz CT molecular complexity index is 426. The third-order valence-corrected chi connectivity index (χ3v) is 3.09. The van der Waals surface area contributed by atoms with Crippen molar-refractivity contribution in [1.82, 2.24) is 0 Å². The molecule has 0 spiro atoms. The van der Waals surface area contributed by atoms with Gasteiger partial charge in [0.15, 0.2) is 9.84 Å². The van der Waals surface area contributed by atoms with Gasteiger partial charge in [0, 0.05) is 6.26 Å². The second kappa shape index (κ2) is 4.08. The third-order valence-electron chi connectivity index (χ3n) is 1.98. The number of sulfone groups is 1. The second-order valence-corrected chi connectivity index (χ2v) is 5.19. The molecule has 0 heterocycles. The number of rotatable bonds is 3. The van der Waals surface area contributed by atoms with Crippen LogP contribution >= 0.6 is 0 Å². The lowest BCUT2D eigenvalue weighted by Crippen LogP contribution is -2.03. The zero-order valence-corrected chi connectivity index (χ0v) is 8.97. The maximum atomic E-state index is 11.2. The van der Waals surface area contributed by atoms with Gasteiger partial charge in [-0.15, -0.1) is 0 Å². The van der Waals surface area contributed by atoms with Gasteiger partial charge < -0.3 is 0 Å². The Kier molecular flexibility index (Phi) is 3.25. The number of aryl methyl sites for hydroxylation is 1. The van der Waals surface area contributed by atoms with Crippen molar-refractivity contribution in [3.05, 3.63) is 29.3 Å². The fourth-order valence-corrected chi connectivity index (χ4v) is 1.86. The van der Waals surface area contributed by atoms with Gasteiger partial charge in [0.05, 0.1) is 11.5 Å². The van der Waals surface area contributed by atoms with Crippen molar-refractivity contribution in [2.24, 2.45) is 5.90 Å². The Labute approximate surface area is 83.6 Å². The first-order valence-corrected chi connectivity index (χ1v) is 5.95. The van der Waals surface area contributed by atoms with E-state index < -0.39 is 9.84 Å². The Morgan fingerprint density at radius 1 is 1.43 bits per heavy atom. The summed E-state index contributed by atoms with van der Waals surface area (Å²) in [5.74, 6) is 4.94. The van der Waals surface area contributed by atoms with Crippen LogP contribution in [-0.2, 0) is 21.3 Å². The molecule has 0 saturated carbocycles. The first kappa shape index (κ1) is 11.2. The van der Waals surface area contributed by atoms with Gasteiger partial charge in [0.2, 0.25) is 0 Å². The molecule has 78 valence electrons. The van der Waals surface area contributed by atoms with E-state index in [1.54, 1.807) is 18.2 Å². The average Bonchev–Trinajstić information content (AvgIpc) is 2.07. The second-order valence-electron chi connectivity index (χ2n) is 3.17. The van der Waals surface area contributed by atoms with E-state index in [4.69, 9.17) is 5.90 Å². The summed E-state index contributed by atoms with van der Waals surface area (Å²) in [5.41, 5.74) is 1.75. The Balaban J connectivity index is 3.13. The SMILES string of the molecule is Cc1cc(S(C)(=O)=O)ccc1CON. The summed E-state index contributed by atoms with van der Waals surface area (Å²) in [5, 5.41) is 0. The Morgan fingerprint density at radius 2 is 2.07 bits per heavy atom. The third kappa shape index (κ3) is 2.54. The van der Waals surface area contributed by atoms with E-state index in [0.29, 0.717) is 4.90 Å². The number of hydrogen-bond donors (Lipinski definition) is 1. The van der Waals surface area contributed by atoms with Crippen molar-refractivity contribution in [3.63, 3.8) is 0 Å². The lowest BCUT2D eigenvalue weighted by Gasteiger charge is -2.05. The van der Waals surface area contributed by atoms with Gasteiger partial charge in [0.1, 0.15) is 0 Å². The minimum Gasteiger partial charge on any atom is -0.300 e. The van der Waals surface area contributed by atoms with Gasteiger partial charge in [-0.2, -0.15) is 0 Å². The lowest BCUT2D eigenvalue weighted by atomic mass is 10.1. The van der Waals surface area contributed by atoms with E-state index in [1.807, 2.05) is 6.92 Å². The summed E-state index contributed by atoms with van der Waals surface area (Å²) in [6.07, 6.45) is 1.18. The molecule has 0 atom stereocenters. The summed E-state index contributed by atoms with van der Waals surface area (Å²) in [6.45, 7) is 2.11. The highest BCUT2D eigenvalue weighted by Crippen LogP contribution is 2.15. The molecule has 0 bridgehead atoms. The van der Waals surface area contributed by atoms with E-state index in [1.165, 1.54) is 6.26 Å². The molecule has 0 unspecified atom stereocenters. The molecule has 0 aliphatic heterocycles. The van der Waals surface area contributed by atoms with Crippen molar-refractivity contribution in [1.29, 1.82) is 0 Å². The fourth-order valence-electron chi connectivity index (χ4n) is 1.15. The number of hydrogen-bond acceptors (Lipinski definition) is 4. The number of benzene rings is 1. The van der Waals surface area contributed by atoms with Gasteiger partial charge in [-0.1, -0.05) is 6.07 Å². The molecule has 0 saturated heterocycles. The van der Waals surface area contributed by atoms with E-state index in [9.17, 15) is 8.42 Å². The van der Waals surface area contributed by atoms with Crippen LogP contribution in [0.15, 0.2) is 23.1 Å². The van der Waals surface area contributed by atoms with Crippen LogP contribution in [0.4, 0.5) is 0 Å². The van der Waals surface area contributed by atoms with Crippen LogP contribution in [-0.4, -0.2) is 14.7 Å². The molecule has 5 heteroatoms. The zero-order chi connectivity index (χ0) is 10.8. The molecule has 1 aromatic rings. The highest BCUT2D eigenvalue weighted by molar-refractivity contribution is 7.90. The first-order chi connectivity index (χ1) is 6.45. The van der Waals surface area contributed by atoms with E-state index in [0.717, 1.165) is 11.1 Å². The highest BCUT2D eigenvalue weighted by Gasteiger charge is 2.08. The van der Waals surface area contributed by atoms with Crippen molar-refractivity contribution in [2.75, 3.05) is 6.26 Å². The molecule has 0 amide bonds. The summed E-state index contributed by atoms with van der Waals surface area (Å²) < 4.78 is 22.4. The Morgan fingerprint density at radius 3 is 2.50 bits per heavy atom. The summed E-state index contributed by atoms with van der Waals surface area (Å²) in [4.78, 5) is 4.80. The van der Waals surface area contributed by atoms with Gasteiger partial charge in [-0.05, 0) is 30.2 Å². The van der Waals surface area contributed by atoms with Crippen molar-refractivity contribution >= 4 is 9.84 Å². The maximum Gasteiger partial charge on any atom is 0.175 e. The monoisotopic (exact) mass is 215 g/mol. The quantitative estimate of drug-likeness (QED) is 0.757. The molecular weight excluding hydrogens is 202 g/mol. The first-order valence-electron chi connectivity index (χ1n) is 4.06. The van der Waals surface area contributed by atoms with E-state index in [-0.39, 0.29) is 6.61 Å².